The summed E-state index contributed by atoms with van der Waals surface area (Å²) in [6, 6.07) is 7.44. The number of nitrogens with two attached hydrogens (primary N) is 1. The number of aliphatic hydroxyl groups is 1. The SMILES string of the molecule is CS(=O)(=O)c1c([C@@H]2CC3CC[C@@H](C2)N3C(=O)CO)nc2c(-c3ccc(-c4ccncc4)nc3)cnn2c1N. The first-order valence-corrected chi connectivity index (χ1v) is 14.3. The molecule has 11 nitrogen and oxygen atoms in total. The van der Waals surface area contributed by atoms with Crippen LogP contribution in [0.5, 0.6) is 0 Å². The van der Waals surface area contributed by atoms with Gasteiger partial charge in [0.15, 0.2) is 15.5 Å². The van der Waals surface area contributed by atoms with Gasteiger partial charge >= 0.3 is 0 Å². The van der Waals surface area contributed by atoms with E-state index < -0.39 is 16.4 Å². The van der Waals surface area contributed by atoms with Gasteiger partial charge in [0.25, 0.3) is 0 Å². The lowest BCUT2D eigenvalue weighted by molar-refractivity contribution is -0.138. The monoisotopic (exact) mass is 533 g/mol. The highest BCUT2D eigenvalue weighted by atomic mass is 32.2. The molecule has 2 aliphatic rings. The average Bonchev–Trinajstić information content (AvgIpc) is 3.46. The lowest BCUT2D eigenvalue weighted by Gasteiger charge is -2.39. The Hall–Kier alpha value is -3.90. The predicted molar refractivity (Wildman–Crippen MR) is 140 cm³/mol. The minimum absolute atomic E-state index is 0.0151. The minimum atomic E-state index is -3.73. The first-order valence-electron chi connectivity index (χ1n) is 12.4. The smallest absolute Gasteiger partial charge is 0.248 e. The van der Waals surface area contributed by atoms with E-state index in [1.165, 1.54) is 4.52 Å². The highest BCUT2D eigenvalue weighted by molar-refractivity contribution is 7.91. The van der Waals surface area contributed by atoms with Gasteiger partial charge in [-0.1, -0.05) is 6.07 Å². The standard InChI is InChI=1S/C26H27N7O4S/c1-38(36,37)24-23(17-10-18-3-4-19(11-17)32(18)22(35)14-34)31-26-20(13-30-33(26)25(24)27)16-2-5-21(29-12-16)15-6-8-28-9-7-15/h2,5-9,12-13,17-19,34H,3-4,10-11,14,27H2,1H3/t17-,18-,19?/m0/s1. The van der Waals surface area contributed by atoms with Crippen molar-refractivity contribution in [2.75, 3.05) is 18.6 Å². The van der Waals surface area contributed by atoms with E-state index in [1.807, 2.05) is 24.3 Å². The quantitative estimate of drug-likeness (QED) is 0.392. The van der Waals surface area contributed by atoms with Crippen LogP contribution in [0.2, 0.25) is 0 Å². The third-order valence-corrected chi connectivity index (χ3v) is 8.79. The van der Waals surface area contributed by atoms with E-state index in [0.29, 0.717) is 29.7 Å². The molecule has 6 heterocycles. The summed E-state index contributed by atoms with van der Waals surface area (Å²) in [6.45, 7) is -0.531. The molecule has 6 rings (SSSR count). The Labute approximate surface area is 219 Å². The van der Waals surface area contributed by atoms with Crippen LogP contribution in [0.25, 0.3) is 28.0 Å². The Bertz CT molecular complexity index is 1620. The molecule has 2 bridgehead atoms. The van der Waals surface area contributed by atoms with Crippen molar-refractivity contribution in [2.24, 2.45) is 0 Å². The number of pyridine rings is 2. The van der Waals surface area contributed by atoms with Crippen LogP contribution in [-0.4, -0.2) is 73.8 Å². The van der Waals surface area contributed by atoms with Gasteiger partial charge in [-0.3, -0.25) is 14.8 Å². The van der Waals surface area contributed by atoms with E-state index in [1.54, 1.807) is 29.7 Å². The first-order chi connectivity index (χ1) is 18.3. The summed E-state index contributed by atoms with van der Waals surface area (Å²) in [5.41, 5.74) is 10.5. The van der Waals surface area contributed by atoms with Gasteiger partial charge in [-0.05, 0) is 43.9 Å². The number of sulfone groups is 1. The van der Waals surface area contributed by atoms with E-state index in [0.717, 1.165) is 35.9 Å². The molecule has 1 amide bonds. The molecule has 38 heavy (non-hydrogen) atoms. The maximum atomic E-state index is 12.9. The third-order valence-electron chi connectivity index (χ3n) is 7.63. The predicted octanol–water partition coefficient (Wildman–Crippen LogP) is 2.07. The van der Waals surface area contributed by atoms with Crippen molar-refractivity contribution in [2.45, 2.75) is 48.6 Å². The molecule has 0 aromatic carbocycles. The highest BCUT2D eigenvalue weighted by Gasteiger charge is 2.45. The van der Waals surface area contributed by atoms with Crippen molar-refractivity contribution in [1.82, 2.24) is 29.5 Å². The maximum Gasteiger partial charge on any atom is 0.248 e. The van der Waals surface area contributed by atoms with Gasteiger partial charge in [-0.15, -0.1) is 0 Å². The molecule has 3 N–H and O–H groups in total. The average molecular weight is 534 g/mol. The number of aromatic nitrogens is 5. The fraction of sp³-hybridized carbons (Fsp3) is 0.346. The largest absolute Gasteiger partial charge is 0.387 e. The van der Waals surface area contributed by atoms with Crippen molar-refractivity contribution in [3.05, 3.63) is 54.7 Å². The molecule has 12 heteroatoms. The van der Waals surface area contributed by atoms with Crippen LogP contribution in [0, 0.1) is 0 Å². The zero-order valence-corrected chi connectivity index (χ0v) is 21.5. The normalized spacial score (nSPS) is 21.2. The molecule has 0 spiro atoms. The molecular formula is C26H27N7O4S. The summed E-state index contributed by atoms with van der Waals surface area (Å²) in [7, 11) is -3.73. The van der Waals surface area contributed by atoms with E-state index in [2.05, 4.69) is 15.1 Å². The second kappa shape index (κ2) is 9.14. The van der Waals surface area contributed by atoms with Gasteiger partial charge in [-0.25, -0.2) is 13.4 Å². The molecule has 2 aliphatic heterocycles. The Morgan fingerprint density at radius 2 is 1.79 bits per heavy atom. The number of nitrogen functional groups attached to an aromatic ring is 1. The summed E-state index contributed by atoms with van der Waals surface area (Å²) in [4.78, 5) is 27.6. The van der Waals surface area contributed by atoms with Crippen LogP contribution in [0.15, 0.2) is 53.9 Å². The Balaban J connectivity index is 1.44. The van der Waals surface area contributed by atoms with Gasteiger partial charge in [-0.2, -0.15) is 9.61 Å². The summed E-state index contributed by atoms with van der Waals surface area (Å²) in [6.07, 6.45) is 10.6. The summed E-state index contributed by atoms with van der Waals surface area (Å²) < 4.78 is 27.2. The number of hydrogen-bond acceptors (Lipinski definition) is 9. The molecule has 4 aromatic heterocycles. The van der Waals surface area contributed by atoms with Crippen molar-refractivity contribution in [1.29, 1.82) is 0 Å². The van der Waals surface area contributed by atoms with Crippen molar-refractivity contribution in [3.63, 3.8) is 0 Å². The lowest BCUT2D eigenvalue weighted by Crippen LogP contribution is -2.47. The number of carbonyl (C=O) groups is 1. The molecule has 196 valence electrons. The second-order valence-electron chi connectivity index (χ2n) is 9.96. The van der Waals surface area contributed by atoms with Gasteiger partial charge in [0.1, 0.15) is 17.3 Å². The van der Waals surface area contributed by atoms with Crippen LogP contribution in [0.1, 0.15) is 37.3 Å². The number of nitrogens with zero attached hydrogens (tertiary/aromatic N) is 6. The molecule has 0 aliphatic carbocycles. The maximum absolute atomic E-state index is 12.9. The number of amides is 1. The molecule has 0 saturated carbocycles. The number of aliphatic hydroxyl groups excluding tert-OH is 1. The Kier molecular flexibility index (Phi) is 5.88. The van der Waals surface area contributed by atoms with Crippen molar-refractivity contribution < 1.29 is 18.3 Å². The molecule has 2 saturated heterocycles. The summed E-state index contributed by atoms with van der Waals surface area (Å²) in [5.74, 6) is -0.480. The topological polar surface area (TPSA) is 157 Å². The van der Waals surface area contributed by atoms with Gasteiger partial charge in [0, 0.05) is 59.5 Å². The highest BCUT2D eigenvalue weighted by Crippen LogP contribution is 2.45. The van der Waals surface area contributed by atoms with E-state index in [-0.39, 0.29) is 34.6 Å². The van der Waals surface area contributed by atoms with Gasteiger partial charge in [0.05, 0.1) is 17.6 Å². The van der Waals surface area contributed by atoms with Crippen LogP contribution in [-0.2, 0) is 14.6 Å². The zero-order valence-electron chi connectivity index (χ0n) is 20.7. The number of piperidine rings is 1. The van der Waals surface area contributed by atoms with Crippen molar-refractivity contribution in [3.8, 4) is 22.4 Å². The fourth-order valence-electron chi connectivity index (χ4n) is 6.01. The Morgan fingerprint density at radius 3 is 2.39 bits per heavy atom. The fourth-order valence-corrected chi connectivity index (χ4v) is 7.07. The van der Waals surface area contributed by atoms with E-state index in [9.17, 15) is 18.3 Å². The molecular weight excluding hydrogens is 506 g/mol. The second-order valence-corrected chi connectivity index (χ2v) is 11.9. The lowest BCUT2D eigenvalue weighted by atomic mass is 9.87. The van der Waals surface area contributed by atoms with Gasteiger partial charge < -0.3 is 15.7 Å². The van der Waals surface area contributed by atoms with Crippen molar-refractivity contribution >= 4 is 27.2 Å². The van der Waals surface area contributed by atoms with E-state index >= 15 is 0 Å². The van der Waals surface area contributed by atoms with Crippen LogP contribution >= 0.6 is 0 Å². The molecule has 4 aromatic rings. The molecule has 2 fully saturated rings. The number of fused-ring (bicyclic) bond motifs is 3. The number of hydrogen-bond donors (Lipinski definition) is 2. The number of anilines is 1. The van der Waals surface area contributed by atoms with Crippen LogP contribution in [0.3, 0.4) is 0 Å². The molecule has 0 radical (unpaired) electrons. The Morgan fingerprint density at radius 1 is 1.08 bits per heavy atom. The van der Waals surface area contributed by atoms with Gasteiger partial charge in [0.2, 0.25) is 5.91 Å². The zero-order chi connectivity index (χ0) is 26.6. The summed E-state index contributed by atoms with van der Waals surface area (Å²) >= 11 is 0. The molecule has 3 atom stereocenters. The first kappa shape index (κ1) is 24.4. The van der Waals surface area contributed by atoms with Crippen LogP contribution in [0.4, 0.5) is 5.82 Å². The third kappa shape index (κ3) is 4.00. The van der Waals surface area contributed by atoms with Crippen LogP contribution < -0.4 is 5.73 Å². The molecule has 1 unspecified atom stereocenters. The van der Waals surface area contributed by atoms with E-state index in [4.69, 9.17) is 10.7 Å². The number of carbonyl (C=O) groups excluding carboxylic acids is 1. The number of rotatable bonds is 5. The minimum Gasteiger partial charge on any atom is -0.387 e. The summed E-state index contributed by atoms with van der Waals surface area (Å²) in [5, 5.41) is 13.8.